The van der Waals surface area contributed by atoms with Crippen LogP contribution < -0.4 is 5.73 Å². The summed E-state index contributed by atoms with van der Waals surface area (Å²) < 4.78 is 5.63. The first kappa shape index (κ1) is 15.2. The molecule has 19 heavy (non-hydrogen) atoms. The molecule has 1 unspecified atom stereocenters. The van der Waals surface area contributed by atoms with E-state index in [0.717, 1.165) is 39.1 Å². The van der Waals surface area contributed by atoms with Crippen molar-refractivity contribution >= 4 is 0 Å². The van der Waals surface area contributed by atoms with Crippen molar-refractivity contribution in [3.8, 4) is 0 Å². The van der Waals surface area contributed by atoms with Crippen LogP contribution in [0.3, 0.4) is 0 Å². The minimum atomic E-state index is 0.148. The second kappa shape index (κ2) is 6.08. The van der Waals surface area contributed by atoms with Crippen molar-refractivity contribution in [2.75, 3.05) is 47.4 Å². The number of hydrogen-bond donors (Lipinski definition) is 1. The number of hydrogen-bond acceptors (Lipinski definition) is 4. The fraction of sp³-hybridized carbons (Fsp3) is 1.00. The molecule has 1 saturated heterocycles. The second-order valence-electron chi connectivity index (χ2n) is 6.72. The largest absolute Gasteiger partial charge is 0.381 e. The predicted octanol–water partition coefficient (Wildman–Crippen LogP) is 1.30. The molecular weight excluding hydrogens is 238 g/mol. The summed E-state index contributed by atoms with van der Waals surface area (Å²) in [5.41, 5.74) is 6.68. The Balaban J connectivity index is 2.05. The molecular formula is C15H31N3O. The fourth-order valence-corrected chi connectivity index (χ4v) is 3.68. The zero-order valence-electron chi connectivity index (χ0n) is 13.0. The number of nitrogens with zero attached hydrogens (tertiary/aromatic N) is 2. The van der Waals surface area contributed by atoms with E-state index in [1.54, 1.807) is 0 Å². The van der Waals surface area contributed by atoms with E-state index in [2.05, 4.69) is 30.9 Å². The van der Waals surface area contributed by atoms with E-state index in [4.69, 9.17) is 10.5 Å². The molecule has 0 radical (unpaired) electrons. The zero-order chi connectivity index (χ0) is 13.9. The van der Waals surface area contributed by atoms with Crippen molar-refractivity contribution in [3.63, 3.8) is 0 Å². The summed E-state index contributed by atoms with van der Waals surface area (Å²) in [6.45, 7) is 3.64. The first-order valence-corrected chi connectivity index (χ1v) is 7.71. The highest BCUT2D eigenvalue weighted by Gasteiger charge is 2.44. The summed E-state index contributed by atoms with van der Waals surface area (Å²) in [6.07, 6.45) is 7.39. The molecule has 112 valence electrons. The Morgan fingerprint density at radius 1 is 0.947 bits per heavy atom. The van der Waals surface area contributed by atoms with Gasteiger partial charge in [-0.2, -0.15) is 0 Å². The Bertz CT molecular complexity index is 281. The van der Waals surface area contributed by atoms with Gasteiger partial charge in [-0.25, -0.2) is 0 Å². The van der Waals surface area contributed by atoms with Crippen LogP contribution in [0.2, 0.25) is 0 Å². The highest BCUT2D eigenvalue weighted by Crippen LogP contribution is 2.39. The molecule has 4 heteroatoms. The van der Waals surface area contributed by atoms with Gasteiger partial charge in [-0.1, -0.05) is 0 Å². The summed E-state index contributed by atoms with van der Waals surface area (Å²) in [5, 5.41) is 0. The molecule has 1 saturated carbocycles. The van der Waals surface area contributed by atoms with Gasteiger partial charge in [-0.05, 0) is 59.7 Å². The molecule has 0 aromatic carbocycles. The van der Waals surface area contributed by atoms with Crippen LogP contribution in [0.15, 0.2) is 0 Å². The van der Waals surface area contributed by atoms with Crippen LogP contribution in [0, 0.1) is 0 Å². The molecule has 1 atom stereocenters. The maximum atomic E-state index is 6.15. The molecule has 1 aliphatic heterocycles. The molecule has 2 fully saturated rings. The van der Waals surface area contributed by atoms with Gasteiger partial charge in [0.15, 0.2) is 0 Å². The Kier molecular flexibility index (Phi) is 4.88. The summed E-state index contributed by atoms with van der Waals surface area (Å²) in [6, 6.07) is 0. The van der Waals surface area contributed by atoms with Crippen LogP contribution >= 0.6 is 0 Å². The van der Waals surface area contributed by atoms with Crippen LogP contribution in [0.4, 0.5) is 0 Å². The van der Waals surface area contributed by atoms with E-state index < -0.39 is 0 Å². The molecule has 1 heterocycles. The maximum Gasteiger partial charge on any atom is 0.0484 e. The minimum Gasteiger partial charge on any atom is -0.381 e. The standard InChI is InChI=1S/C15H31N3O/c1-17(2)15(6-4-7-15)13-18(3)14(12-16)8-5-10-19-11-9-14/h4-13,16H2,1-3H3. The van der Waals surface area contributed by atoms with Gasteiger partial charge in [0.1, 0.15) is 0 Å². The van der Waals surface area contributed by atoms with Crippen molar-refractivity contribution < 1.29 is 4.74 Å². The lowest BCUT2D eigenvalue weighted by atomic mass is 9.74. The van der Waals surface area contributed by atoms with Gasteiger partial charge in [-0.3, -0.25) is 4.90 Å². The van der Waals surface area contributed by atoms with Crippen molar-refractivity contribution in [1.82, 2.24) is 9.80 Å². The zero-order valence-corrected chi connectivity index (χ0v) is 13.0. The summed E-state index contributed by atoms with van der Waals surface area (Å²) in [4.78, 5) is 4.96. The monoisotopic (exact) mass is 269 g/mol. The van der Waals surface area contributed by atoms with Crippen molar-refractivity contribution in [3.05, 3.63) is 0 Å². The lowest BCUT2D eigenvalue weighted by Gasteiger charge is -2.53. The third kappa shape index (κ3) is 2.97. The van der Waals surface area contributed by atoms with Crippen LogP contribution in [-0.4, -0.2) is 68.3 Å². The van der Waals surface area contributed by atoms with Crippen LogP contribution in [0.25, 0.3) is 0 Å². The van der Waals surface area contributed by atoms with Crippen LogP contribution in [0.1, 0.15) is 38.5 Å². The van der Waals surface area contributed by atoms with Gasteiger partial charge in [0.25, 0.3) is 0 Å². The van der Waals surface area contributed by atoms with E-state index in [-0.39, 0.29) is 5.54 Å². The highest BCUT2D eigenvalue weighted by molar-refractivity contribution is 5.02. The first-order chi connectivity index (χ1) is 9.05. The number of nitrogens with two attached hydrogens (primary N) is 1. The molecule has 2 aliphatic rings. The normalized spacial score (nSPS) is 31.3. The Morgan fingerprint density at radius 2 is 1.63 bits per heavy atom. The molecule has 0 amide bonds. The quantitative estimate of drug-likeness (QED) is 0.817. The van der Waals surface area contributed by atoms with E-state index in [1.807, 2.05) is 0 Å². The van der Waals surface area contributed by atoms with Gasteiger partial charge in [0.05, 0.1) is 0 Å². The van der Waals surface area contributed by atoms with E-state index in [1.165, 1.54) is 25.7 Å². The van der Waals surface area contributed by atoms with Crippen molar-refractivity contribution in [2.45, 2.75) is 49.6 Å². The van der Waals surface area contributed by atoms with E-state index >= 15 is 0 Å². The first-order valence-electron chi connectivity index (χ1n) is 7.71. The van der Waals surface area contributed by atoms with Gasteiger partial charge < -0.3 is 15.4 Å². The van der Waals surface area contributed by atoms with Gasteiger partial charge >= 0.3 is 0 Å². The molecule has 0 spiro atoms. The Morgan fingerprint density at radius 3 is 2.16 bits per heavy atom. The lowest BCUT2D eigenvalue weighted by molar-refractivity contribution is -0.0137. The number of rotatable bonds is 5. The average molecular weight is 269 g/mol. The topological polar surface area (TPSA) is 41.7 Å². The molecule has 2 rings (SSSR count). The third-order valence-electron chi connectivity index (χ3n) is 5.60. The molecule has 4 nitrogen and oxygen atoms in total. The molecule has 0 bridgehead atoms. The summed E-state index contributed by atoms with van der Waals surface area (Å²) in [5.74, 6) is 0. The Labute approximate surface area is 118 Å². The average Bonchev–Trinajstić information content (AvgIpc) is 2.59. The van der Waals surface area contributed by atoms with Crippen molar-refractivity contribution in [2.24, 2.45) is 5.73 Å². The highest BCUT2D eigenvalue weighted by atomic mass is 16.5. The predicted molar refractivity (Wildman–Crippen MR) is 79.4 cm³/mol. The maximum absolute atomic E-state index is 6.15. The van der Waals surface area contributed by atoms with Gasteiger partial charge in [0.2, 0.25) is 0 Å². The van der Waals surface area contributed by atoms with E-state index in [0.29, 0.717) is 5.54 Å². The number of ether oxygens (including phenoxy) is 1. The molecule has 2 N–H and O–H groups in total. The van der Waals surface area contributed by atoms with Gasteiger partial charge in [-0.15, -0.1) is 0 Å². The molecule has 0 aromatic heterocycles. The SMILES string of the molecule is CN(C)C1(CN(C)C2(CN)CCCOCC2)CCC1. The van der Waals surface area contributed by atoms with Crippen LogP contribution in [-0.2, 0) is 4.74 Å². The fourth-order valence-electron chi connectivity index (χ4n) is 3.68. The van der Waals surface area contributed by atoms with E-state index in [9.17, 15) is 0 Å². The smallest absolute Gasteiger partial charge is 0.0484 e. The molecule has 0 aromatic rings. The molecule has 1 aliphatic carbocycles. The van der Waals surface area contributed by atoms with Gasteiger partial charge in [0, 0.05) is 37.4 Å². The lowest BCUT2D eigenvalue weighted by Crippen LogP contribution is -2.62. The minimum absolute atomic E-state index is 0.148. The number of likely N-dealkylation sites (N-methyl/N-ethyl adjacent to an activating group) is 2. The summed E-state index contributed by atoms with van der Waals surface area (Å²) in [7, 11) is 6.71. The second-order valence-corrected chi connectivity index (χ2v) is 6.72. The van der Waals surface area contributed by atoms with Crippen molar-refractivity contribution in [1.29, 1.82) is 0 Å². The van der Waals surface area contributed by atoms with Crippen LogP contribution in [0.5, 0.6) is 0 Å². The summed E-state index contributed by atoms with van der Waals surface area (Å²) >= 11 is 0. The third-order valence-corrected chi connectivity index (χ3v) is 5.60. The Hall–Kier alpha value is -0.160.